The Labute approximate surface area is 111 Å². The second-order valence-electron chi connectivity index (χ2n) is 4.16. The topological polar surface area (TPSA) is 71.3 Å². The highest BCUT2D eigenvalue weighted by molar-refractivity contribution is 6.31. The Bertz CT molecular complexity index is 443. The van der Waals surface area contributed by atoms with Gasteiger partial charge >= 0.3 is 5.97 Å². The number of nitrogens with one attached hydrogen (secondary N) is 1. The first kappa shape index (κ1) is 14.6. The number of nitrogens with zero attached hydrogens (tertiary/aromatic N) is 1. The standard InChI is InChI=1S/C12H17ClN2O3/c1-3-4-5-9(12(17)18)14-11(16)10-6-8(13)7-15(10)2/h6-7,9H,3-5H2,1-2H3,(H,14,16)(H,17,18)/t9-/m0/s1. The fraction of sp³-hybridized carbons (Fsp3) is 0.500. The highest BCUT2D eigenvalue weighted by Crippen LogP contribution is 2.13. The Balaban J connectivity index is 2.72. The van der Waals surface area contributed by atoms with E-state index in [0.717, 1.165) is 12.8 Å². The van der Waals surface area contributed by atoms with Crippen molar-refractivity contribution in [2.45, 2.75) is 32.2 Å². The van der Waals surface area contributed by atoms with Gasteiger partial charge in [-0.2, -0.15) is 0 Å². The van der Waals surface area contributed by atoms with Gasteiger partial charge in [0.05, 0.1) is 5.02 Å². The van der Waals surface area contributed by atoms with Crippen LogP contribution in [0.5, 0.6) is 0 Å². The first-order valence-electron chi connectivity index (χ1n) is 5.81. The van der Waals surface area contributed by atoms with Gasteiger partial charge in [0.25, 0.3) is 5.91 Å². The van der Waals surface area contributed by atoms with Crippen LogP contribution in [0, 0.1) is 0 Å². The predicted molar refractivity (Wildman–Crippen MR) is 68.8 cm³/mol. The Morgan fingerprint density at radius 1 is 1.56 bits per heavy atom. The number of hydrogen-bond acceptors (Lipinski definition) is 2. The van der Waals surface area contributed by atoms with Crippen LogP contribution in [0.1, 0.15) is 36.7 Å². The molecule has 0 spiro atoms. The molecule has 1 amide bonds. The molecule has 0 radical (unpaired) electrons. The van der Waals surface area contributed by atoms with Gasteiger partial charge in [-0.1, -0.05) is 31.4 Å². The van der Waals surface area contributed by atoms with Gasteiger partial charge in [-0.05, 0) is 12.5 Å². The average Bonchev–Trinajstić information content (AvgIpc) is 2.63. The number of hydrogen-bond donors (Lipinski definition) is 2. The fourth-order valence-electron chi connectivity index (χ4n) is 1.65. The summed E-state index contributed by atoms with van der Waals surface area (Å²) in [6.07, 6.45) is 3.66. The van der Waals surface area contributed by atoms with Gasteiger partial charge in [-0.15, -0.1) is 0 Å². The molecule has 1 atom stereocenters. The summed E-state index contributed by atoms with van der Waals surface area (Å²) in [5.74, 6) is -1.44. The summed E-state index contributed by atoms with van der Waals surface area (Å²) in [5.41, 5.74) is 0.350. The normalized spacial score (nSPS) is 12.2. The molecule has 0 aliphatic rings. The van der Waals surface area contributed by atoms with E-state index in [1.165, 1.54) is 6.07 Å². The molecule has 2 N–H and O–H groups in total. The van der Waals surface area contributed by atoms with Crippen molar-refractivity contribution < 1.29 is 14.7 Å². The number of rotatable bonds is 6. The van der Waals surface area contributed by atoms with E-state index in [1.807, 2.05) is 6.92 Å². The number of amides is 1. The Kier molecular flexibility index (Phi) is 5.22. The van der Waals surface area contributed by atoms with E-state index in [4.69, 9.17) is 16.7 Å². The van der Waals surface area contributed by atoms with Crippen molar-refractivity contribution in [1.29, 1.82) is 0 Å². The van der Waals surface area contributed by atoms with E-state index >= 15 is 0 Å². The molecular formula is C12H17ClN2O3. The molecule has 100 valence electrons. The lowest BCUT2D eigenvalue weighted by atomic mass is 10.1. The van der Waals surface area contributed by atoms with Gasteiger partial charge in [0.2, 0.25) is 0 Å². The van der Waals surface area contributed by atoms with E-state index in [0.29, 0.717) is 17.1 Å². The number of aliphatic carboxylic acids is 1. The van der Waals surface area contributed by atoms with E-state index < -0.39 is 17.9 Å². The third-order valence-corrected chi connectivity index (χ3v) is 2.86. The average molecular weight is 273 g/mol. The molecule has 1 rings (SSSR count). The maximum absolute atomic E-state index is 11.9. The van der Waals surface area contributed by atoms with Crippen molar-refractivity contribution in [3.63, 3.8) is 0 Å². The van der Waals surface area contributed by atoms with Crippen LogP contribution in [0.15, 0.2) is 12.3 Å². The molecule has 0 aromatic carbocycles. The monoisotopic (exact) mass is 272 g/mol. The number of halogens is 1. The zero-order chi connectivity index (χ0) is 13.7. The summed E-state index contributed by atoms with van der Waals surface area (Å²) >= 11 is 5.78. The molecule has 1 heterocycles. The van der Waals surface area contributed by atoms with Crippen LogP contribution in [0.4, 0.5) is 0 Å². The Morgan fingerprint density at radius 2 is 2.22 bits per heavy atom. The molecule has 0 aliphatic carbocycles. The summed E-state index contributed by atoms with van der Waals surface area (Å²) in [7, 11) is 1.68. The first-order valence-corrected chi connectivity index (χ1v) is 6.19. The predicted octanol–water partition coefficient (Wildman–Crippen LogP) is 2.05. The van der Waals surface area contributed by atoms with Crippen molar-refractivity contribution in [3.8, 4) is 0 Å². The van der Waals surface area contributed by atoms with Crippen LogP contribution in [-0.4, -0.2) is 27.6 Å². The van der Waals surface area contributed by atoms with Crippen molar-refractivity contribution in [2.75, 3.05) is 0 Å². The fourth-order valence-corrected chi connectivity index (χ4v) is 1.90. The Hall–Kier alpha value is -1.49. The van der Waals surface area contributed by atoms with Crippen LogP contribution in [-0.2, 0) is 11.8 Å². The summed E-state index contributed by atoms with van der Waals surface area (Å²) < 4.78 is 1.57. The number of carbonyl (C=O) groups is 2. The summed E-state index contributed by atoms with van der Waals surface area (Å²) in [5, 5.41) is 12.0. The van der Waals surface area contributed by atoms with Crippen molar-refractivity contribution in [3.05, 3.63) is 23.0 Å². The smallest absolute Gasteiger partial charge is 0.326 e. The van der Waals surface area contributed by atoms with E-state index in [-0.39, 0.29) is 0 Å². The molecule has 0 unspecified atom stereocenters. The molecule has 0 aliphatic heterocycles. The van der Waals surface area contributed by atoms with Crippen LogP contribution in [0.3, 0.4) is 0 Å². The zero-order valence-corrected chi connectivity index (χ0v) is 11.2. The molecule has 1 aromatic heterocycles. The van der Waals surface area contributed by atoms with Crippen molar-refractivity contribution in [2.24, 2.45) is 7.05 Å². The lowest BCUT2D eigenvalue weighted by Crippen LogP contribution is -2.41. The SMILES string of the molecule is CCCC[C@H](NC(=O)c1cc(Cl)cn1C)C(=O)O. The van der Waals surface area contributed by atoms with Crippen LogP contribution in [0.25, 0.3) is 0 Å². The minimum absolute atomic E-state index is 0.350. The van der Waals surface area contributed by atoms with Crippen LogP contribution < -0.4 is 5.32 Å². The summed E-state index contributed by atoms with van der Waals surface area (Å²) in [6, 6.07) is 0.654. The molecule has 1 aromatic rings. The van der Waals surface area contributed by atoms with Gasteiger partial charge in [0.1, 0.15) is 11.7 Å². The van der Waals surface area contributed by atoms with Crippen LogP contribution in [0.2, 0.25) is 5.02 Å². The molecule has 0 bridgehead atoms. The molecule has 6 heteroatoms. The molecule has 18 heavy (non-hydrogen) atoms. The van der Waals surface area contributed by atoms with Crippen molar-refractivity contribution in [1.82, 2.24) is 9.88 Å². The molecule has 5 nitrogen and oxygen atoms in total. The highest BCUT2D eigenvalue weighted by atomic mass is 35.5. The molecule has 0 fully saturated rings. The summed E-state index contributed by atoms with van der Waals surface area (Å²) in [6.45, 7) is 1.97. The van der Waals surface area contributed by atoms with Gasteiger partial charge in [-0.25, -0.2) is 4.79 Å². The van der Waals surface area contributed by atoms with Crippen molar-refractivity contribution >= 4 is 23.5 Å². The maximum atomic E-state index is 11.9. The Morgan fingerprint density at radius 3 is 2.67 bits per heavy atom. The van der Waals surface area contributed by atoms with Crippen LogP contribution >= 0.6 is 11.6 Å². The lowest BCUT2D eigenvalue weighted by molar-refractivity contribution is -0.139. The third kappa shape index (κ3) is 3.77. The number of aromatic nitrogens is 1. The van der Waals surface area contributed by atoms with Gasteiger partial charge in [0.15, 0.2) is 0 Å². The number of unbranched alkanes of at least 4 members (excludes halogenated alkanes) is 1. The first-order chi connectivity index (χ1) is 8.45. The van der Waals surface area contributed by atoms with Gasteiger partial charge < -0.3 is 15.0 Å². The second-order valence-corrected chi connectivity index (χ2v) is 4.60. The zero-order valence-electron chi connectivity index (χ0n) is 10.4. The van der Waals surface area contributed by atoms with Gasteiger partial charge in [-0.3, -0.25) is 4.79 Å². The quantitative estimate of drug-likeness (QED) is 0.833. The number of carbonyl (C=O) groups excluding carboxylic acids is 1. The highest BCUT2D eigenvalue weighted by Gasteiger charge is 2.21. The summed E-state index contributed by atoms with van der Waals surface area (Å²) in [4.78, 5) is 22.9. The van der Waals surface area contributed by atoms with E-state index in [1.54, 1.807) is 17.8 Å². The second kappa shape index (κ2) is 6.44. The largest absolute Gasteiger partial charge is 0.480 e. The van der Waals surface area contributed by atoms with Gasteiger partial charge in [0, 0.05) is 13.2 Å². The number of aryl methyl sites for hydroxylation is 1. The minimum Gasteiger partial charge on any atom is -0.480 e. The lowest BCUT2D eigenvalue weighted by Gasteiger charge is -2.14. The molecule has 0 saturated heterocycles. The molecule has 0 saturated carbocycles. The third-order valence-electron chi connectivity index (χ3n) is 2.65. The molecular weight excluding hydrogens is 256 g/mol. The minimum atomic E-state index is -1.02. The van der Waals surface area contributed by atoms with E-state index in [9.17, 15) is 9.59 Å². The number of carboxylic acids is 1. The maximum Gasteiger partial charge on any atom is 0.326 e. The van der Waals surface area contributed by atoms with E-state index in [2.05, 4.69) is 5.32 Å². The number of carboxylic acid groups (broad SMARTS) is 1.